The molecule has 0 atom stereocenters. The second kappa shape index (κ2) is 7.19. The first kappa shape index (κ1) is 15.5. The van der Waals surface area contributed by atoms with E-state index in [1.165, 1.54) is 6.07 Å². The van der Waals surface area contributed by atoms with Crippen molar-refractivity contribution in [3.63, 3.8) is 0 Å². The summed E-state index contributed by atoms with van der Waals surface area (Å²) in [4.78, 5) is 11.7. The highest BCUT2D eigenvalue weighted by molar-refractivity contribution is 9.10. The predicted molar refractivity (Wildman–Crippen MR) is 83.2 cm³/mol. The molecule has 6 heteroatoms. The molecule has 2 rings (SSSR count). The molecule has 3 N–H and O–H groups in total. The molecule has 1 amide bonds. The maximum absolute atomic E-state index is 13.4. The van der Waals surface area contributed by atoms with E-state index in [4.69, 9.17) is 10.5 Å². The van der Waals surface area contributed by atoms with Gasteiger partial charge < -0.3 is 15.8 Å². The summed E-state index contributed by atoms with van der Waals surface area (Å²) in [5.41, 5.74) is 7.22. The lowest BCUT2D eigenvalue weighted by atomic mass is 10.2. The number of halogens is 2. The molecule has 0 bridgehead atoms. The molecule has 4 nitrogen and oxygen atoms in total. The number of carbonyl (C=O) groups excluding carboxylic acids is 1. The van der Waals surface area contributed by atoms with Gasteiger partial charge in [0.25, 0.3) is 0 Å². The molecule has 0 radical (unpaired) electrons. The molecule has 0 aliphatic carbocycles. The van der Waals surface area contributed by atoms with Gasteiger partial charge in [-0.15, -0.1) is 0 Å². The van der Waals surface area contributed by atoms with Crippen LogP contribution in [-0.2, 0) is 16.1 Å². The Morgan fingerprint density at radius 1 is 1.29 bits per heavy atom. The summed E-state index contributed by atoms with van der Waals surface area (Å²) >= 11 is 3.30. The van der Waals surface area contributed by atoms with Crippen molar-refractivity contribution in [1.29, 1.82) is 0 Å². The number of ether oxygens (including phenoxy) is 1. The van der Waals surface area contributed by atoms with Gasteiger partial charge in [-0.2, -0.15) is 0 Å². The minimum atomic E-state index is -0.348. The van der Waals surface area contributed by atoms with Crippen molar-refractivity contribution in [2.24, 2.45) is 0 Å². The first-order valence-electron chi connectivity index (χ1n) is 6.22. The first-order valence-corrected chi connectivity index (χ1v) is 7.01. The van der Waals surface area contributed by atoms with E-state index in [0.717, 1.165) is 0 Å². The molecule has 0 heterocycles. The van der Waals surface area contributed by atoms with Crippen molar-refractivity contribution in [2.45, 2.75) is 6.61 Å². The Balaban J connectivity index is 1.84. The van der Waals surface area contributed by atoms with Crippen LogP contribution in [0.2, 0.25) is 0 Å². The van der Waals surface area contributed by atoms with Crippen LogP contribution in [0.4, 0.5) is 15.8 Å². The van der Waals surface area contributed by atoms with Gasteiger partial charge in [-0.1, -0.05) is 18.2 Å². The Hall–Kier alpha value is -1.92. The van der Waals surface area contributed by atoms with Crippen LogP contribution in [0.25, 0.3) is 0 Å². The molecule has 110 valence electrons. The van der Waals surface area contributed by atoms with Crippen LogP contribution in [0.15, 0.2) is 46.9 Å². The minimum Gasteiger partial charge on any atom is -0.399 e. The molecular weight excluding hydrogens is 339 g/mol. The fourth-order valence-electron chi connectivity index (χ4n) is 1.69. The summed E-state index contributed by atoms with van der Waals surface area (Å²) in [6.45, 7) is -0.117. The monoisotopic (exact) mass is 352 g/mol. The third-order valence-corrected chi connectivity index (χ3v) is 3.37. The fraction of sp³-hybridized carbons (Fsp3) is 0.133. The van der Waals surface area contributed by atoms with Gasteiger partial charge in [0.05, 0.1) is 12.3 Å². The highest BCUT2D eigenvalue weighted by Crippen LogP contribution is 2.24. The molecule has 0 aliphatic heterocycles. The lowest BCUT2D eigenvalue weighted by molar-refractivity contribution is -0.121. The summed E-state index contributed by atoms with van der Waals surface area (Å²) in [5, 5.41) is 2.68. The van der Waals surface area contributed by atoms with Gasteiger partial charge in [0.2, 0.25) is 5.91 Å². The van der Waals surface area contributed by atoms with Crippen LogP contribution in [0.3, 0.4) is 0 Å². The smallest absolute Gasteiger partial charge is 0.250 e. The number of benzene rings is 2. The summed E-state index contributed by atoms with van der Waals surface area (Å²) in [6.07, 6.45) is 0. The summed E-state index contributed by atoms with van der Waals surface area (Å²) in [7, 11) is 0. The van der Waals surface area contributed by atoms with Gasteiger partial charge in [-0.3, -0.25) is 4.79 Å². The lowest BCUT2D eigenvalue weighted by Crippen LogP contribution is -2.18. The summed E-state index contributed by atoms with van der Waals surface area (Å²) in [6, 6.07) is 11.3. The molecule has 0 spiro atoms. The van der Waals surface area contributed by atoms with E-state index in [-0.39, 0.29) is 24.9 Å². The van der Waals surface area contributed by atoms with Crippen molar-refractivity contribution in [2.75, 3.05) is 17.7 Å². The Morgan fingerprint density at radius 3 is 2.76 bits per heavy atom. The van der Waals surface area contributed by atoms with Crippen molar-refractivity contribution in [3.05, 3.63) is 58.3 Å². The zero-order valence-electron chi connectivity index (χ0n) is 11.1. The number of anilines is 2. The van der Waals surface area contributed by atoms with Gasteiger partial charge in [-0.25, -0.2) is 4.39 Å². The number of rotatable bonds is 5. The standard InChI is InChI=1S/C15H14BrFN2O2/c16-12-7-11(18)5-6-14(12)19-15(20)9-21-8-10-3-1-2-4-13(10)17/h1-7H,8-9,18H2,(H,19,20). The van der Waals surface area contributed by atoms with Gasteiger partial charge in [0, 0.05) is 15.7 Å². The zero-order chi connectivity index (χ0) is 15.2. The largest absolute Gasteiger partial charge is 0.399 e. The minimum absolute atomic E-state index is 0.0446. The molecule has 0 saturated heterocycles. The second-order valence-corrected chi connectivity index (χ2v) is 5.23. The lowest BCUT2D eigenvalue weighted by Gasteiger charge is -2.09. The molecule has 0 aliphatic rings. The number of nitrogen functional groups attached to an aromatic ring is 1. The summed E-state index contributed by atoms with van der Waals surface area (Å²) in [5.74, 6) is -0.670. The van der Waals surface area contributed by atoms with E-state index in [2.05, 4.69) is 21.2 Å². The van der Waals surface area contributed by atoms with E-state index in [1.54, 1.807) is 36.4 Å². The molecule has 0 saturated carbocycles. The van der Waals surface area contributed by atoms with Crippen LogP contribution in [0, 0.1) is 5.82 Å². The summed E-state index contributed by atoms with van der Waals surface area (Å²) < 4.78 is 19.2. The number of hydrogen-bond acceptors (Lipinski definition) is 3. The van der Waals surface area contributed by atoms with Gasteiger partial charge in [-0.05, 0) is 40.2 Å². The normalized spacial score (nSPS) is 10.4. The molecule has 2 aromatic rings. The molecule has 2 aromatic carbocycles. The quantitative estimate of drug-likeness (QED) is 0.811. The van der Waals surface area contributed by atoms with Crippen molar-refractivity contribution in [1.82, 2.24) is 0 Å². The number of nitrogens with one attached hydrogen (secondary N) is 1. The zero-order valence-corrected chi connectivity index (χ0v) is 12.7. The van der Waals surface area contributed by atoms with Crippen LogP contribution in [0.5, 0.6) is 0 Å². The maximum Gasteiger partial charge on any atom is 0.250 e. The van der Waals surface area contributed by atoms with E-state index < -0.39 is 0 Å². The van der Waals surface area contributed by atoms with E-state index in [1.807, 2.05) is 0 Å². The topological polar surface area (TPSA) is 64.3 Å². The SMILES string of the molecule is Nc1ccc(NC(=O)COCc2ccccc2F)c(Br)c1. The van der Waals surface area contributed by atoms with E-state index in [0.29, 0.717) is 21.4 Å². The maximum atomic E-state index is 13.4. The highest BCUT2D eigenvalue weighted by atomic mass is 79.9. The van der Waals surface area contributed by atoms with Gasteiger partial charge >= 0.3 is 0 Å². The Bertz CT molecular complexity index is 649. The van der Waals surface area contributed by atoms with Crippen LogP contribution >= 0.6 is 15.9 Å². The molecule has 0 aromatic heterocycles. The molecular formula is C15H14BrFN2O2. The second-order valence-electron chi connectivity index (χ2n) is 4.37. The number of hydrogen-bond donors (Lipinski definition) is 2. The average Bonchev–Trinajstić information content (AvgIpc) is 2.44. The predicted octanol–water partition coefficient (Wildman–Crippen LogP) is 3.33. The van der Waals surface area contributed by atoms with E-state index in [9.17, 15) is 9.18 Å². The molecule has 0 unspecified atom stereocenters. The Labute approximate surface area is 130 Å². The third-order valence-electron chi connectivity index (χ3n) is 2.72. The molecule has 0 fully saturated rings. The number of carbonyl (C=O) groups is 1. The average molecular weight is 353 g/mol. The van der Waals surface area contributed by atoms with Gasteiger partial charge in [0.15, 0.2) is 0 Å². The van der Waals surface area contributed by atoms with Crippen LogP contribution in [0.1, 0.15) is 5.56 Å². The van der Waals surface area contributed by atoms with Crippen molar-refractivity contribution >= 4 is 33.2 Å². The first-order chi connectivity index (χ1) is 10.1. The highest BCUT2D eigenvalue weighted by Gasteiger charge is 2.07. The third kappa shape index (κ3) is 4.54. The number of nitrogens with two attached hydrogens (primary N) is 1. The van der Waals surface area contributed by atoms with Crippen LogP contribution < -0.4 is 11.1 Å². The Kier molecular flexibility index (Phi) is 5.30. The van der Waals surface area contributed by atoms with Gasteiger partial charge in [0.1, 0.15) is 12.4 Å². The fourth-order valence-corrected chi connectivity index (χ4v) is 2.18. The number of amides is 1. The molecule has 21 heavy (non-hydrogen) atoms. The van der Waals surface area contributed by atoms with Crippen LogP contribution in [-0.4, -0.2) is 12.5 Å². The van der Waals surface area contributed by atoms with Crippen molar-refractivity contribution in [3.8, 4) is 0 Å². The van der Waals surface area contributed by atoms with Crippen molar-refractivity contribution < 1.29 is 13.9 Å². The Morgan fingerprint density at radius 2 is 2.05 bits per heavy atom. The van der Waals surface area contributed by atoms with E-state index >= 15 is 0 Å².